The first-order valence-corrected chi connectivity index (χ1v) is 6.80. The summed E-state index contributed by atoms with van der Waals surface area (Å²) in [6, 6.07) is 0. The zero-order valence-corrected chi connectivity index (χ0v) is 11.7. The van der Waals surface area contributed by atoms with E-state index in [0.29, 0.717) is 19.7 Å². The van der Waals surface area contributed by atoms with Gasteiger partial charge in [0.1, 0.15) is 0 Å². The molecule has 1 unspecified atom stereocenters. The van der Waals surface area contributed by atoms with E-state index >= 15 is 0 Å². The monoisotopic (exact) mass is 254 g/mol. The summed E-state index contributed by atoms with van der Waals surface area (Å²) in [5, 5.41) is 3.36. The Balaban J connectivity index is 2.74. The van der Waals surface area contributed by atoms with Gasteiger partial charge < -0.3 is 15.0 Å². The fourth-order valence-corrected chi connectivity index (χ4v) is 2.57. The largest absolute Gasteiger partial charge is 0.383 e. The van der Waals surface area contributed by atoms with Crippen LogP contribution < -0.4 is 5.32 Å². The first-order valence-electron chi connectivity index (χ1n) is 6.80. The highest BCUT2D eigenvalue weighted by Crippen LogP contribution is 2.32. The van der Waals surface area contributed by atoms with Crippen molar-refractivity contribution in [3.8, 4) is 0 Å². The minimum atomic E-state index is -0.227. The van der Waals surface area contributed by atoms with Gasteiger partial charge in [0.25, 0.3) is 0 Å². The van der Waals surface area contributed by atoms with E-state index in [9.17, 15) is 4.79 Å². The van der Waals surface area contributed by atoms with E-state index in [1.807, 2.05) is 4.90 Å². The summed E-state index contributed by atoms with van der Waals surface area (Å²) in [7, 11) is 1.66. The fourth-order valence-electron chi connectivity index (χ4n) is 2.57. The van der Waals surface area contributed by atoms with Crippen molar-refractivity contribution in [1.82, 2.24) is 10.2 Å². The molecule has 1 fully saturated rings. The number of carbonyl (C=O) groups excluding carboxylic acids is 1. The van der Waals surface area contributed by atoms with Crippen LogP contribution in [0.4, 0.5) is 0 Å². The van der Waals surface area contributed by atoms with Crippen LogP contribution in [-0.2, 0) is 9.53 Å². The van der Waals surface area contributed by atoms with Crippen molar-refractivity contribution in [2.75, 3.05) is 39.9 Å². The summed E-state index contributed by atoms with van der Waals surface area (Å²) in [5.41, 5.74) is -0.227. The summed E-state index contributed by atoms with van der Waals surface area (Å²) < 4.78 is 5.08. The molecule has 1 heterocycles. The van der Waals surface area contributed by atoms with Gasteiger partial charge in [-0.3, -0.25) is 4.79 Å². The zero-order chi connectivity index (χ0) is 13.4. The Morgan fingerprint density at radius 1 is 1.61 bits per heavy atom. The molecule has 0 spiro atoms. The van der Waals surface area contributed by atoms with E-state index in [4.69, 9.17) is 4.74 Å². The highest BCUT2D eigenvalue weighted by Gasteiger charge is 2.40. The molecule has 104 valence electrons. The number of hydrogen-bond acceptors (Lipinski definition) is 3. The highest BCUT2D eigenvalue weighted by molar-refractivity contribution is 5.83. The van der Waals surface area contributed by atoms with Crippen molar-refractivity contribution in [2.24, 2.45) is 5.41 Å². The van der Waals surface area contributed by atoms with Gasteiger partial charge in [0.2, 0.25) is 5.91 Å². The van der Waals surface area contributed by atoms with E-state index < -0.39 is 0 Å². The summed E-state index contributed by atoms with van der Waals surface area (Å²) in [4.78, 5) is 14.6. The topological polar surface area (TPSA) is 41.6 Å². The number of nitrogens with zero attached hydrogens (tertiary/aromatic N) is 1. The number of piperidine rings is 1. The molecule has 1 amide bonds. The lowest BCUT2D eigenvalue weighted by Crippen LogP contribution is -2.52. The first kappa shape index (κ1) is 15.2. The second kappa shape index (κ2) is 7.54. The molecule has 0 radical (unpaired) electrons. The van der Waals surface area contributed by atoms with Gasteiger partial charge in [-0.05, 0) is 25.8 Å². The van der Waals surface area contributed by atoms with Gasteiger partial charge in [0, 0.05) is 26.7 Å². The molecule has 4 heteroatoms. The van der Waals surface area contributed by atoms with Crippen LogP contribution in [-0.4, -0.2) is 50.7 Å². The average Bonchev–Trinajstić information content (AvgIpc) is 2.43. The normalized spacial score (nSPS) is 23.7. The van der Waals surface area contributed by atoms with Crippen LogP contribution in [0.15, 0.2) is 12.7 Å². The van der Waals surface area contributed by atoms with Gasteiger partial charge in [-0.2, -0.15) is 0 Å². The predicted octanol–water partition coefficient (Wildman–Crippen LogP) is 1.43. The number of nitrogens with one attached hydrogen (secondary N) is 1. The van der Waals surface area contributed by atoms with Crippen LogP contribution in [0.2, 0.25) is 0 Å². The number of hydrogen-bond donors (Lipinski definition) is 1. The molecular formula is C14H26N2O2. The second-order valence-electron chi connectivity index (χ2n) is 4.95. The van der Waals surface area contributed by atoms with E-state index in [-0.39, 0.29) is 11.3 Å². The molecule has 0 aromatic carbocycles. The number of rotatable bonds is 7. The minimum absolute atomic E-state index is 0.227. The van der Waals surface area contributed by atoms with Crippen LogP contribution in [0.1, 0.15) is 26.2 Å². The maximum absolute atomic E-state index is 12.7. The van der Waals surface area contributed by atoms with Crippen LogP contribution in [0.5, 0.6) is 0 Å². The molecule has 0 saturated carbocycles. The number of amides is 1. The Morgan fingerprint density at radius 3 is 2.89 bits per heavy atom. The fraction of sp³-hybridized carbons (Fsp3) is 0.786. The highest BCUT2D eigenvalue weighted by atomic mass is 16.5. The van der Waals surface area contributed by atoms with Crippen LogP contribution in [0, 0.1) is 5.41 Å². The summed E-state index contributed by atoms with van der Waals surface area (Å²) in [6.07, 6.45) is 4.73. The van der Waals surface area contributed by atoms with Crippen LogP contribution in [0.25, 0.3) is 0 Å². The van der Waals surface area contributed by atoms with E-state index in [0.717, 1.165) is 32.4 Å². The van der Waals surface area contributed by atoms with E-state index in [1.54, 1.807) is 13.2 Å². The maximum atomic E-state index is 12.7. The summed E-state index contributed by atoms with van der Waals surface area (Å²) >= 11 is 0. The molecule has 0 bridgehead atoms. The average molecular weight is 254 g/mol. The molecule has 4 nitrogen and oxygen atoms in total. The van der Waals surface area contributed by atoms with Crippen molar-refractivity contribution in [2.45, 2.75) is 26.2 Å². The second-order valence-corrected chi connectivity index (χ2v) is 4.95. The number of ether oxygens (including phenoxy) is 1. The van der Waals surface area contributed by atoms with E-state index in [2.05, 4.69) is 18.8 Å². The van der Waals surface area contributed by atoms with Crippen LogP contribution in [0.3, 0.4) is 0 Å². The third-order valence-electron chi connectivity index (χ3n) is 3.80. The van der Waals surface area contributed by atoms with Gasteiger partial charge in [0.05, 0.1) is 12.0 Å². The van der Waals surface area contributed by atoms with Gasteiger partial charge in [-0.15, -0.1) is 6.58 Å². The van der Waals surface area contributed by atoms with Crippen LogP contribution >= 0.6 is 0 Å². The van der Waals surface area contributed by atoms with Crippen molar-refractivity contribution in [1.29, 1.82) is 0 Å². The Hall–Kier alpha value is -0.870. The Kier molecular flexibility index (Phi) is 6.36. The molecule has 1 atom stereocenters. The Bertz CT molecular complexity index is 273. The van der Waals surface area contributed by atoms with Gasteiger partial charge in [0.15, 0.2) is 0 Å². The third-order valence-corrected chi connectivity index (χ3v) is 3.80. The Morgan fingerprint density at radius 2 is 2.39 bits per heavy atom. The molecule has 1 saturated heterocycles. The molecule has 1 aliphatic heterocycles. The van der Waals surface area contributed by atoms with Crippen molar-refractivity contribution < 1.29 is 9.53 Å². The molecule has 18 heavy (non-hydrogen) atoms. The standard InChI is InChI=1S/C14H26N2O2/c1-4-9-16(10-11-18-3)13(17)14(5-2)7-6-8-15-12-14/h4,15H,1,5-12H2,2-3H3. The molecule has 0 aromatic rings. The molecule has 0 aromatic heterocycles. The SMILES string of the molecule is C=CCN(CCOC)C(=O)C1(CC)CCCNC1. The lowest BCUT2D eigenvalue weighted by atomic mass is 9.77. The van der Waals surface area contributed by atoms with Crippen molar-refractivity contribution in [3.05, 3.63) is 12.7 Å². The molecule has 1 N–H and O–H groups in total. The van der Waals surface area contributed by atoms with Gasteiger partial charge in [-0.25, -0.2) is 0 Å². The van der Waals surface area contributed by atoms with Crippen molar-refractivity contribution in [3.63, 3.8) is 0 Å². The molecular weight excluding hydrogens is 228 g/mol. The smallest absolute Gasteiger partial charge is 0.230 e. The van der Waals surface area contributed by atoms with Crippen molar-refractivity contribution >= 4 is 5.91 Å². The quantitative estimate of drug-likeness (QED) is 0.699. The van der Waals surface area contributed by atoms with Gasteiger partial charge >= 0.3 is 0 Å². The Labute approximate surface area is 110 Å². The molecule has 1 aliphatic rings. The summed E-state index contributed by atoms with van der Waals surface area (Å²) in [5.74, 6) is 0.245. The number of carbonyl (C=O) groups is 1. The molecule has 0 aliphatic carbocycles. The van der Waals surface area contributed by atoms with E-state index in [1.165, 1.54) is 0 Å². The summed E-state index contributed by atoms with van der Waals surface area (Å²) in [6.45, 7) is 9.48. The molecule has 1 rings (SSSR count). The maximum Gasteiger partial charge on any atom is 0.230 e. The third kappa shape index (κ3) is 3.56. The lowest BCUT2D eigenvalue weighted by molar-refractivity contribution is -0.143. The van der Waals surface area contributed by atoms with Gasteiger partial charge in [-0.1, -0.05) is 13.0 Å². The lowest BCUT2D eigenvalue weighted by Gasteiger charge is -2.39. The zero-order valence-electron chi connectivity index (χ0n) is 11.7. The minimum Gasteiger partial charge on any atom is -0.383 e. The predicted molar refractivity (Wildman–Crippen MR) is 73.5 cm³/mol. The first-order chi connectivity index (χ1) is 8.70. The number of methoxy groups -OCH3 is 1.